The number of rotatable bonds is 1. The molecule has 0 bridgehead atoms. The first-order chi connectivity index (χ1) is 7.49. The summed E-state index contributed by atoms with van der Waals surface area (Å²) in [6.07, 6.45) is 0. The van der Waals surface area contributed by atoms with Gasteiger partial charge in [-0.2, -0.15) is 5.10 Å². The molecule has 1 heterocycles. The average molecular weight is 219 g/mol. The van der Waals surface area contributed by atoms with E-state index in [0.717, 1.165) is 17.0 Å². The zero-order valence-electron chi connectivity index (χ0n) is 9.58. The molecule has 3 nitrogen and oxygen atoms in total. The maximum atomic E-state index is 13.2. The highest BCUT2D eigenvalue weighted by atomic mass is 19.1. The summed E-state index contributed by atoms with van der Waals surface area (Å²) in [5, 5.41) is 4.36. The van der Waals surface area contributed by atoms with Gasteiger partial charge in [-0.05, 0) is 44.5 Å². The van der Waals surface area contributed by atoms with Crippen LogP contribution >= 0.6 is 0 Å². The summed E-state index contributed by atoms with van der Waals surface area (Å²) >= 11 is 0. The van der Waals surface area contributed by atoms with Crippen LogP contribution in [0.2, 0.25) is 0 Å². The van der Waals surface area contributed by atoms with E-state index in [1.807, 2.05) is 20.8 Å². The van der Waals surface area contributed by atoms with Gasteiger partial charge in [0.2, 0.25) is 0 Å². The van der Waals surface area contributed by atoms with Gasteiger partial charge in [0.05, 0.1) is 11.4 Å². The van der Waals surface area contributed by atoms with Crippen LogP contribution in [0, 0.1) is 26.6 Å². The fourth-order valence-electron chi connectivity index (χ4n) is 1.69. The van der Waals surface area contributed by atoms with Gasteiger partial charge in [0, 0.05) is 11.4 Å². The summed E-state index contributed by atoms with van der Waals surface area (Å²) in [5.74, 6) is -0.347. The number of nitrogen functional groups attached to an aromatic ring is 1. The number of nitrogens with two attached hydrogens (primary N) is 1. The van der Waals surface area contributed by atoms with Gasteiger partial charge in [0.25, 0.3) is 0 Å². The van der Waals surface area contributed by atoms with E-state index in [2.05, 4.69) is 5.10 Å². The third-order valence-electron chi connectivity index (χ3n) is 2.80. The van der Waals surface area contributed by atoms with E-state index >= 15 is 0 Å². The second-order valence-corrected chi connectivity index (χ2v) is 3.95. The summed E-state index contributed by atoms with van der Waals surface area (Å²) in [6, 6.07) is 4.43. The Hall–Kier alpha value is -1.84. The Morgan fingerprint density at radius 2 is 1.88 bits per heavy atom. The molecule has 16 heavy (non-hydrogen) atoms. The highest BCUT2D eigenvalue weighted by molar-refractivity contribution is 5.49. The molecule has 0 spiro atoms. The van der Waals surface area contributed by atoms with Gasteiger partial charge in [-0.3, -0.25) is 0 Å². The van der Waals surface area contributed by atoms with Crippen LogP contribution < -0.4 is 5.73 Å². The minimum absolute atomic E-state index is 0.347. The van der Waals surface area contributed by atoms with Gasteiger partial charge in [-0.25, -0.2) is 9.07 Å². The highest BCUT2D eigenvalue weighted by Crippen LogP contribution is 2.19. The molecule has 0 radical (unpaired) electrons. The molecule has 4 heteroatoms. The first-order valence-corrected chi connectivity index (χ1v) is 5.08. The number of hydrogen-bond acceptors (Lipinski definition) is 2. The highest BCUT2D eigenvalue weighted by Gasteiger charge is 2.09. The van der Waals surface area contributed by atoms with Gasteiger partial charge < -0.3 is 5.73 Å². The van der Waals surface area contributed by atoms with Crippen LogP contribution in [-0.2, 0) is 0 Å². The van der Waals surface area contributed by atoms with Crippen LogP contribution in [0.25, 0.3) is 5.69 Å². The van der Waals surface area contributed by atoms with Gasteiger partial charge >= 0.3 is 0 Å². The normalized spacial score (nSPS) is 10.8. The summed E-state index contributed by atoms with van der Waals surface area (Å²) in [5.41, 5.74) is 9.73. The van der Waals surface area contributed by atoms with Crippen molar-refractivity contribution >= 4 is 5.69 Å². The van der Waals surface area contributed by atoms with Crippen LogP contribution in [-0.4, -0.2) is 9.78 Å². The van der Waals surface area contributed by atoms with E-state index in [0.29, 0.717) is 11.4 Å². The third-order valence-corrected chi connectivity index (χ3v) is 2.80. The smallest absolute Gasteiger partial charge is 0.127 e. The number of halogens is 1. The Bertz CT molecular complexity index is 523. The molecule has 0 fully saturated rings. The molecule has 1 aromatic carbocycles. The molecular formula is C12H14FN3. The monoisotopic (exact) mass is 219 g/mol. The molecular weight excluding hydrogens is 205 g/mol. The molecule has 2 aromatic rings. The van der Waals surface area contributed by atoms with Gasteiger partial charge in [-0.1, -0.05) is 0 Å². The second kappa shape index (κ2) is 3.63. The lowest BCUT2D eigenvalue weighted by Crippen LogP contribution is -2.01. The summed E-state index contributed by atoms with van der Waals surface area (Å²) in [7, 11) is 0. The van der Waals surface area contributed by atoms with Crippen molar-refractivity contribution in [2.75, 3.05) is 5.73 Å². The van der Waals surface area contributed by atoms with E-state index < -0.39 is 0 Å². The van der Waals surface area contributed by atoms with Crippen LogP contribution in [0.5, 0.6) is 0 Å². The SMILES string of the molecule is Cc1nn(-c2cc(N)cc(F)c2)c(C)c1C. The zero-order chi connectivity index (χ0) is 11.9. The predicted octanol–water partition coefficient (Wildman–Crippen LogP) is 2.52. The van der Waals surface area contributed by atoms with Crippen molar-refractivity contribution in [2.24, 2.45) is 0 Å². The molecule has 2 rings (SSSR count). The zero-order valence-corrected chi connectivity index (χ0v) is 9.58. The summed E-state index contributed by atoms with van der Waals surface area (Å²) in [6.45, 7) is 5.88. The van der Waals surface area contributed by atoms with Crippen molar-refractivity contribution in [3.05, 3.63) is 41.0 Å². The van der Waals surface area contributed by atoms with Gasteiger partial charge in [-0.15, -0.1) is 0 Å². The Morgan fingerprint density at radius 3 is 2.38 bits per heavy atom. The molecule has 2 N–H and O–H groups in total. The minimum Gasteiger partial charge on any atom is -0.399 e. The third kappa shape index (κ3) is 1.66. The number of aromatic nitrogens is 2. The fraction of sp³-hybridized carbons (Fsp3) is 0.250. The van der Waals surface area contributed by atoms with Crippen molar-refractivity contribution in [1.29, 1.82) is 0 Å². The molecule has 0 saturated carbocycles. The Kier molecular flexibility index (Phi) is 2.42. The van der Waals surface area contributed by atoms with Gasteiger partial charge in [0.15, 0.2) is 0 Å². The lowest BCUT2D eigenvalue weighted by Gasteiger charge is -2.06. The molecule has 1 aromatic heterocycles. The maximum Gasteiger partial charge on any atom is 0.127 e. The van der Waals surface area contributed by atoms with Crippen LogP contribution in [0.4, 0.5) is 10.1 Å². The quantitative estimate of drug-likeness (QED) is 0.749. The summed E-state index contributed by atoms with van der Waals surface area (Å²) < 4.78 is 14.9. The molecule has 0 amide bonds. The number of nitrogens with zero attached hydrogens (tertiary/aromatic N) is 2. The molecule has 0 aliphatic heterocycles. The van der Waals surface area contributed by atoms with Crippen molar-refractivity contribution in [3.8, 4) is 5.69 Å². The number of aryl methyl sites for hydroxylation is 1. The van der Waals surface area contributed by atoms with E-state index in [1.54, 1.807) is 10.7 Å². The first kappa shape index (κ1) is 10.7. The average Bonchev–Trinajstić information content (AvgIpc) is 2.44. The van der Waals surface area contributed by atoms with Crippen molar-refractivity contribution in [3.63, 3.8) is 0 Å². The van der Waals surface area contributed by atoms with E-state index in [4.69, 9.17) is 5.73 Å². The Balaban J connectivity index is 2.62. The van der Waals surface area contributed by atoms with Crippen molar-refractivity contribution < 1.29 is 4.39 Å². The van der Waals surface area contributed by atoms with Crippen molar-refractivity contribution in [2.45, 2.75) is 20.8 Å². The molecule has 0 aliphatic rings. The second-order valence-electron chi connectivity index (χ2n) is 3.95. The molecule has 0 aliphatic carbocycles. The predicted molar refractivity (Wildman–Crippen MR) is 62.1 cm³/mol. The first-order valence-electron chi connectivity index (χ1n) is 5.08. The fourth-order valence-corrected chi connectivity index (χ4v) is 1.69. The van der Waals surface area contributed by atoms with E-state index in [-0.39, 0.29) is 5.82 Å². The number of hydrogen-bond donors (Lipinski definition) is 1. The van der Waals surface area contributed by atoms with Crippen LogP contribution in [0.3, 0.4) is 0 Å². The van der Waals surface area contributed by atoms with E-state index in [9.17, 15) is 4.39 Å². The Morgan fingerprint density at radius 1 is 1.19 bits per heavy atom. The van der Waals surface area contributed by atoms with Crippen LogP contribution in [0.1, 0.15) is 17.0 Å². The maximum absolute atomic E-state index is 13.2. The van der Waals surface area contributed by atoms with E-state index in [1.165, 1.54) is 12.1 Å². The molecule has 0 atom stereocenters. The van der Waals surface area contributed by atoms with Crippen molar-refractivity contribution in [1.82, 2.24) is 9.78 Å². The number of anilines is 1. The molecule has 0 unspecified atom stereocenters. The minimum atomic E-state index is -0.347. The largest absolute Gasteiger partial charge is 0.399 e. The topological polar surface area (TPSA) is 43.8 Å². The molecule has 84 valence electrons. The lowest BCUT2D eigenvalue weighted by molar-refractivity contribution is 0.625. The summed E-state index contributed by atoms with van der Waals surface area (Å²) in [4.78, 5) is 0. The lowest BCUT2D eigenvalue weighted by atomic mass is 10.2. The molecule has 0 saturated heterocycles. The standard InChI is InChI=1S/C12H14FN3/c1-7-8(2)15-16(9(7)3)12-5-10(13)4-11(14)6-12/h4-6H,14H2,1-3H3. The number of benzene rings is 1. The van der Waals surface area contributed by atoms with Crippen LogP contribution in [0.15, 0.2) is 18.2 Å². The Labute approximate surface area is 93.7 Å². The van der Waals surface area contributed by atoms with Gasteiger partial charge in [0.1, 0.15) is 5.82 Å².